The van der Waals surface area contributed by atoms with Crippen LogP contribution < -0.4 is 5.32 Å². The van der Waals surface area contributed by atoms with Crippen molar-refractivity contribution in [1.82, 2.24) is 5.32 Å². The van der Waals surface area contributed by atoms with E-state index in [1.165, 1.54) is 0 Å². The SMILES string of the molecule is CCNC.Cl.O=CO. The minimum absolute atomic E-state index is 0. The highest BCUT2D eigenvalue weighted by molar-refractivity contribution is 5.85. The summed E-state index contributed by atoms with van der Waals surface area (Å²) in [4.78, 5) is 8.36. The number of carboxylic acid groups (broad SMARTS) is 1. The molecule has 4 heteroatoms. The number of rotatable bonds is 1. The molecule has 0 aromatic rings. The second kappa shape index (κ2) is 29.7. The summed E-state index contributed by atoms with van der Waals surface area (Å²) in [6.07, 6.45) is 0. The summed E-state index contributed by atoms with van der Waals surface area (Å²) in [7, 11) is 1.93. The highest BCUT2D eigenvalue weighted by atomic mass is 35.5. The summed E-state index contributed by atoms with van der Waals surface area (Å²) in [5.41, 5.74) is 0. The zero-order chi connectivity index (χ0) is 6.12. The molecule has 0 saturated carbocycles. The maximum Gasteiger partial charge on any atom is 0.290 e. The first-order valence-electron chi connectivity index (χ1n) is 2.05. The van der Waals surface area contributed by atoms with Crippen molar-refractivity contribution in [2.45, 2.75) is 6.92 Å². The Kier molecular flexibility index (Phi) is 58.1. The van der Waals surface area contributed by atoms with Gasteiger partial charge >= 0.3 is 0 Å². The van der Waals surface area contributed by atoms with E-state index in [4.69, 9.17) is 9.90 Å². The summed E-state index contributed by atoms with van der Waals surface area (Å²) in [5, 5.41) is 9.82. The van der Waals surface area contributed by atoms with Crippen molar-refractivity contribution in [3.8, 4) is 0 Å². The Morgan fingerprint density at radius 1 is 1.75 bits per heavy atom. The van der Waals surface area contributed by atoms with E-state index < -0.39 is 0 Å². The third-order valence-electron chi connectivity index (χ3n) is 0.354. The van der Waals surface area contributed by atoms with E-state index in [0.29, 0.717) is 0 Å². The van der Waals surface area contributed by atoms with Gasteiger partial charge in [-0.2, -0.15) is 0 Å². The van der Waals surface area contributed by atoms with E-state index >= 15 is 0 Å². The van der Waals surface area contributed by atoms with Crippen molar-refractivity contribution in [2.75, 3.05) is 13.6 Å². The normalized spacial score (nSPS) is 5.25. The van der Waals surface area contributed by atoms with E-state index in [-0.39, 0.29) is 18.9 Å². The van der Waals surface area contributed by atoms with Gasteiger partial charge in [0, 0.05) is 0 Å². The fourth-order valence-corrected chi connectivity index (χ4v) is 0. The predicted molar refractivity (Wildman–Crippen MR) is 35.5 cm³/mol. The van der Waals surface area contributed by atoms with Crippen molar-refractivity contribution < 1.29 is 9.90 Å². The second-order valence-electron chi connectivity index (χ2n) is 0.813. The van der Waals surface area contributed by atoms with E-state index in [1.54, 1.807) is 0 Å². The Bertz CT molecular complexity index is 33.2. The molecule has 0 atom stereocenters. The first-order valence-corrected chi connectivity index (χ1v) is 2.05. The van der Waals surface area contributed by atoms with Crippen LogP contribution in [0.2, 0.25) is 0 Å². The molecule has 0 aromatic heterocycles. The van der Waals surface area contributed by atoms with Gasteiger partial charge in [-0.1, -0.05) is 6.92 Å². The lowest BCUT2D eigenvalue weighted by atomic mass is 10.8. The minimum Gasteiger partial charge on any atom is -0.483 e. The van der Waals surface area contributed by atoms with E-state index in [2.05, 4.69) is 12.2 Å². The molecule has 3 nitrogen and oxygen atoms in total. The number of hydrogen-bond acceptors (Lipinski definition) is 2. The lowest BCUT2D eigenvalue weighted by Crippen LogP contribution is -2.01. The van der Waals surface area contributed by atoms with Gasteiger partial charge in [0.05, 0.1) is 0 Å². The molecule has 0 aliphatic carbocycles. The molecule has 0 aromatic carbocycles. The van der Waals surface area contributed by atoms with Gasteiger partial charge in [-0.15, -0.1) is 12.4 Å². The van der Waals surface area contributed by atoms with Crippen LogP contribution in [0.5, 0.6) is 0 Å². The van der Waals surface area contributed by atoms with Crippen LogP contribution in [0, 0.1) is 0 Å². The van der Waals surface area contributed by atoms with Gasteiger partial charge in [0.1, 0.15) is 0 Å². The Labute approximate surface area is 55.5 Å². The van der Waals surface area contributed by atoms with Crippen molar-refractivity contribution in [2.24, 2.45) is 0 Å². The van der Waals surface area contributed by atoms with Crippen LogP contribution in [0.15, 0.2) is 0 Å². The number of halogens is 1. The Morgan fingerprint density at radius 2 is 1.88 bits per heavy atom. The maximum absolute atomic E-state index is 8.36. The monoisotopic (exact) mass is 141 g/mol. The topological polar surface area (TPSA) is 49.3 Å². The van der Waals surface area contributed by atoms with Crippen LogP contribution in [-0.4, -0.2) is 25.2 Å². The van der Waals surface area contributed by atoms with Crippen LogP contribution in [-0.2, 0) is 4.79 Å². The molecule has 0 heterocycles. The van der Waals surface area contributed by atoms with E-state index in [1.807, 2.05) is 7.05 Å². The second-order valence-corrected chi connectivity index (χ2v) is 0.813. The van der Waals surface area contributed by atoms with Crippen molar-refractivity contribution in [1.29, 1.82) is 0 Å². The molecule has 0 aliphatic rings. The van der Waals surface area contributed by atoms with Gasteiger partial charge in [-0.3, -0.25) is 4.79 Å². The minimum atomic E-state index is -0.250. The highest BCUT2D eigenvalue weighted by Crippen LogP contribution is 1.34. The number of nitrogens with one attached hydrogen (secondary N) is 1. The van der Waals surface area contributed by atoms with Crippen LogP contribution in [0.3, 0.4) is 0 Å². The Balaban J connectivity index is -0.0000000575. The fraction of sp³-hybridized carbons (Fsp3) is 0.750. The summed E-state index contributed by atoms with van der Waals surface area (Å²) < 4.78 is 0. The molecule has 8 heavy (non-hydrogen) atoms. The van der Waals surface area contributed by atoms with Crippen LogP contribution in [0.25, 0.3) is 0 Å². The Hall–Kier alpha value is -0.280. The fourth-order valence-electron chi connectivity index (χ4n) is 0. The molecule has 0 aliphatic heterocycles. The standard InChI is InChI=1S/C3H9N.CH2O2.ClH/c1-3-4-2;2-1-3;/h4H,3H2,1-2H3;1H,(H,2,3);1H. The lowest BCUT2D eigenvalue weighted by Gasteiger charge is -1.76. The molecule has 0 bridgehead atoms. The van der Waals surface area contributed by atoms with Crippen LogP contribution in [0.4, 0.5) is 0 Å². The van der Waals surface area contributed by atoms with Crippen LogP contribution in [0.1, 0.15) is 6.92 Å². The third kappa shape index (κ3) is 246. The summed E-state index contributed by atoms with van der Waals surface area (Å²) in [6.45, 7) is 2.89. The lowest BCUT2D eigenvalue weighted by molar-refractivity contribution is -0.122. The molecule has 0 saturated heterocycles. The molecule has 0 rings (SSSR count). The molecule has 0 unspecified atom stereocenters. The molecular weight excluding hydrogens is 130 g/mol. The van der Waals surface area contributed by atoms with Gasteiger partial charge in [0.2, 0.25) is 0 Å². The average Bonchev–Trinajstić information content (AvgIpc) is 1.69. The van der Waals surface area contributed by atoms with Crippen molar-refractivity contribution in [3.05, 3.63) is 0 Å². The number of hydrogen-bond donors (Lipinski definition) is 2. The first kappa shape index (κ1) is 15.6. The largest absolute Gasteiger partial charge is 0.483 e. The molecule has 2 N–H and O–H groups in total. The van der Waals surface area contributed by atoms with Crippen molar-refractivity contribution in [3.63, 3.8) is 0 Å². The van der Waals surface area contributed by atoms with Crippen molar-refractivity contribution >= 4 is 18.9 Å². The van der Waals surface area contributed by atoms with Gasteiger partial charge in [-0.05, 0) is 13.6 Å². The zero-order valence-corrected chi connectivity index (χ0v) is 5.86. The average molecular weight is 142 g/mol. The van der Waals surface area contributed by atoms with Crippen LogP contribution >= 0.6 is 12.4 Å². The third-order valence-corrected chi connectivity index (χ3v) is 0.354. The predicted octanol–water partition coefficient (Wildman–Crippen LogP) is 0.348. The maximum atomic E-state index is 8.36. The smallest absolute Gasteiger partial charge is 0.290 e. The summed E-state index contributed by atoms with van der Waals surface area (Å²) in [6, 6.07) is 0. The van der Waals surface area contributed by atoms with Gasteiger partial charge < -0.3 is 10.4 Å². The quantitative estimate of drug-likeness (QED) is 0.518. The first-order chi connectivity index (χ1) is 3.33. The molecule has 52 valence electrons. The van der Waals surface area contributed by atoms with Gasteiger partial charge in [-0.25, -0.2) is 0 Å². The number of carbonyl (C=O) groups is 1. The summed E-state index contributed by atoms with van der Waals surface area (Å²) in [5.74, 6) is 0. The Morgan fingerprint density at radius 3 is 1.88 bits per heavy atom. The van der Waals surface area contributed by atoms with E-state index in [0.717, 1.165) is 6.54 Å². The molecular formula is C4H12ClNO2. The van der Waals surface area contributed by atoms with Gasteiger partial charge in [0.25, 0.3) is 6.47 Å². The summed E-state index contributed by atoms with van der Waals surface area (Å²) >= 11 is 0. The highest BCUT2D eigenvalue weighted by Gasteiger charge is 1.50. The molecule has 0 radical (unpaired) electrons. The zero-order valence-electron chi connectivity index (χ0n) is 5.05. The van der Waals surface area contributed by atoms with Gasteiger partial charge in [0.15, 0.2) is 0 Å². The molecule has 0 fully saturated rings. The molecule has 0 spiro atoms. The molecule has 0 amide bonds. The van der Waals surface area contributed by atoms with E-state index in [9.17, 15) is 0 Å².